The van der Waals surface area contributed by atoms with Gasteiger partial charge in [0.15, 0.2) is 0 Å². The molecule has 0 aliphatic carbocycles. The number of anilines is 1. The molecule has 1 amide bonds. The monoisotopic (exact) mass is 439 g/mol. The van der Waals surface area contributed by atoms with E-state index in [4.69, 9.17) is 4.74 Å². The highest BCUT2D eigenvalue weighted by molar-refractivity contribution is 6.51. The number of hydrogen-bond acceptors (Lipinski definition) is 4. The van der Waals surface area contributed by atoms with E-state index in [9.17, 15) is 27.9 Å². The van der Waals surface area contributed by atoms with Crippen molar-refractivity contribution >= 4 is 23.1 Å². The van der Waals surface area contributed by atoms with Gasteiger partial charge in [0.05, 0.1) is 24.3 Å². The first-order valence-electron chi connectivity index (χ1n) is 9.48. The standard InChI is InChI=1S/C24H16F3NO4/c1-32-19-10-9-14(26)12-17(19)22(29)20-21(16-7-2-3-8-18(16)27)28(24(31)23(20)30)15-6-4-5-13(25)11-15/h2-12,21,29H,1H3/b22-20+. The van der Waals surface area contributed by atoms with Crippen molar-refractivity contribution in [3.8, 4) is 5.75 Å². The quantitative estimate of drug-likeness (QED) is 0.362. The number of carbonyl (C=O) groups is 2. The van der Waals surface area contributed by atoms with Crippen molar-refractivity contribution in [2.24, 2.45) is 0 Å². The number of rotatable bonds is 4. The summed E-state index contributed by atoms with van der Waals surface area (Å²) in [5.41, 5.74) is -0.780. The summed E-state index contributed by atoms with van der Waals surface area (Å²) in [4.78, 5) is 26.9. The topological polar surface area (TPSA) is 66.8 Å². The molecule has 3 aromatic carbocycles. The number of ether oxygens (including phenoxy) is 1. The van der Waals surface area contributed by atoms with Crippen LogP contribution in [0.5, 0.6) is 5.75 Å². The number of benzene rings is 3. The molecule has 4 rings (SSSR count). The van der Waals surface area contributed by atoms with E-state index in [2.05, 4.69) is 0 Å². The van der Waals surface area contributed by atoms with Gasteiger partial charge in [0, 0.05) is 11.3 Å². The lowest BCUT2D eigenvalue weighted by atomic mass is 9.94. The normalized spacial score (nSPS) is 17.6. The summed E-state index contributed by atoms with van der Waals surface area (Å²) in [6.07, 6.45) is 0. The van der Waals surface area contributed by atoms with Crippen molar-refractivity contribution in [2.45, 2.75) is 6.04 Å². The molecule has 5 nitrogen and oxygen atoms in total. The molecular formula is C24H16F3NO4. The Morgan fingerprint density at radius 2 is 1.66 bits per heavy atom. The first-order chi connectivity index (χ1) is 15.3. The van der Waals surface area contributed by atoms with E-state index in [1.165, 1.54) is 43.5 Å². The van der Waals surface area contributed by atoms with E-state index in [1.807, 2.05) is 0 Å². The number of methoxy groups -OCH3 is 1. The molecular weight excluding hydrogens is 423 g/mol. The second kappa shape index (κ2) is 8.22. The predicted molar refractivity (Wildman–Crippen MR) is 111 cm³/mol. The van der Waals surface area contributed by atoms with Crippen molar-refractivity contribution in [3.05, 3.63) is 101 Å². The van der Waals surface area contributed by atoms with E-state index >= 15 is 0 Å². The maximum Gasteiger partial charge on any atom is 0.300 e. The Balaban J connectivity index is 2.02. The number of hydrogen-bond donors (Lipinski definition) is 1. The number of Topliss-reactive ketones (excluding diaryl/α,β-unsaturated/α-hetero) is 1. The maximum atomic E-state index is 14.8. The number of halogens is 3. The van der Waals surface area contributed by atoms with Crippen LogP contribution in [0.1, 0.15) is 17.2 Å². The van der Waals surface area contributed by atoms with Gasteiger partial charge in [0.1, 0.15) is 29.0 Å². The van der Waals surface area contributed by atoms with Gasteiger partial charge in [-0.05, 0) is 42.5 Å². The minimum atomic E-state index is -1.43. The van der Waals surface area contributed by atoms with E-state index < -0.39 is 46.5 Å². The Bertz CT molecular complexity index is 1270. The van der Waals surface area contributed by atoms with Gasteiger partial charge in [-0.3, -0.25) is 14.5 Å². The predicted octanol–water partition coefficient (Wildman–Crippen LogP) is 4.74. The van der Waals surface area contributed by atoms with E-state index in [0.29, 0.717) is 0 Å². The van der Waals surface area contributed by atoms with Gasteiger partial charge in [0.25, 0.3) is 11.7 Å². The highest BCUT2D eigenvalue weighted by Gasteiger charge is 2.48. The molecule has 1 unspecified atom stereocenters. The van der Waals surface area contributed by atoms with Crippen LogP contribution in [-0.2, 0) is 9.59 Å². The van der Waals surface area contributed by atoms with Gasteiger partial charge in [-0.25, -0.2) is 13.2 Å². The average molecular weight is 439 g/mol. The van der Waals surface area contributed by atoms with Crippen LogP contribution in [0.15, 0.2) is 72.3 Å². The molecule has 0 spiro atoms. The molecule has 0 radical (unpaired) electrons. The zero-order chi connectivity index (χ0) is 23.0. The summed E-state index contributed by atoms with van der Waals surface area (Å²) in [5, 5.41) is 11.0. The summed E-state index contributed by atoms with van der Waals surface area (Å²) in [6, 6.07) is 12.1. The van der Waals surface area contributed by atoms with Crippen LogP contribution >= 0.6 is 0 Å². The molecule has 1 N–H and O–H groups in total. The third-order valence-corrected chi connectivity index (χ3v) is 5.15. The van der Waals surface area contributed by atoms with Crippen LogP contribution in [0.2, 0.25) is 0 Å². The maximum absolute atomic E-state index is 14.8. The fraction of sp³-hybridized carbons (Fsp3) is 0.0833. The zero-order valence-electron chi connectivity index (χ0n) is 16.7. The van der Waals surface area contributed by atoms with Gasteiger partial charge >= 0.3 is 0 Å². The molecule has 162 valence electrons. The largest absolute Gasteiger partial charge is 0.507 e. The lowest BCUT2D eigenvalue weighted by Gasteiger charge is -2.25. The number of ketones is 1. The Morgan fingerprint density at radius 1 is 0.938 bits per heavy atom. The van der Waals surface area contributed by atoms with Gasteiger partial charge in [-0.1, -0.05) is 24.3 Å². The molecule has 0 bridgehead atoms. The molecule has 0 saturated carbocycles. The van der Waals surface area contributed by atoms with Crippen LogP contribution in [0.4, 0.5) is 18.9 Å². The third-order valence-electron chi connectivity index (χ3n) is 5.15. The van der Waals surface area contributed by atoms with Crippen LogP contribution in [0.3, 0.4) is 0 Å². The number of aliphatic hydroxyl groups is 1. The van der Waals surface area contributed by atoms with Crippen molar-refractivity contribution in [3.63, 3.8) is 0 Å². The second-order valence-electron chi connectivity index (χ2n) is 7.02. The summed E-state index contributed by atoms with van der Waals surface area (Å²) >= 11 is 0. The number of aliphatic hydroxyl groups excluding tert-OH is 1. The zero-order valence-corrected chi connectivity index (χ0v) is 16.7. The molecule has 1 atom stereocenters. The summed E-state index contributed by atoms with van der Waals surface area (Å²) in [5.74, 6) is -5.09. The molecule has 8 heteroatoms. The van der Waals surface area contributed by atoms with Gasteiger partial charge in [-0.15, -0.1) is 0 Å². The highest BCUT2D eigenvalue weighted by Crippen LogP contribution is 2.44. The summed E-state index contributed by atoms with van der Waals surface area (Å²) in [6.45, 7) is 0. The summed E-state index contributed by atoms with van der Waals surface area (Å²) in [7, 11) is 1.28. The van der Waals surface area contributed by atoms with Crippen molar-refractivity contribution < 1.29 is 32.6 Å². The average Bonchev–Trinajstić information content (AvgIpc) is 3.04. The molecule has 1 fully saturated rings. The highest BCUT2D eigenvalue weighted by atomic mass is 19.1. The first-order valence-corrected chi connectivity index (χ1v) is 9.48. The molecule has 1 heterocycles. The lowest BCUT2D eigenvalue weighted by Crippen LogP contribution is -2.30. The van der Waals surface area contributed by atoms with Crippen LogP contribution in [0, 0.1) is 17.5 Å². The Labute approximate surface area is 181 Å². The SMILES string of the molecule is COc1ccc(F)cc1/C(O)=C1\C(=O)C(=O)N(c2cccc(F)c2)C1c1ccccc1F. The van der Waals surface area contributed by atoms with E-state index in [1.54, 1.807) is 0 Å². The van der Waals surface area contributed by atoms with Crippen LogP contribution in [0.25, 0.3) is 5.76 Å². The molecule has 3 aromatic rings. The van der Waals surface area contributed by atoms with Crippen molar-refractivity contribution in [1.29, 1.82) is 0 Å². The fourth-order valence-electron chi connectivity index (χ4n) is 3.73. The van der Waals surface area contributed by atoms with Gasteiger partial charge in [-0.2, -0.15) is 0 Å². The number of carbonyl (C=O) groups excluding carboxylic acids is 2. The van der Waals surface area contributed by atoms with Gasteiger partial charge < -0.3 is 9.84 Å². The Hall–Kier alpha value is -4.07. The Morgan fingerprint density at radius 3 is 2.34 bits per heavy atom. The van der Waals surface area contributed by atoms with E-state index in [-0.39, 0.29) is 22.6 Å². The Kier molecular flexibility index (Phi) is 5.44. The van der Waals surface area contributed by atoms with E-state index in [0.717, 1.165) is 35.2 Å². The lowest BCUT2D eigenvalue weighted by molar-refractivity contribution is -0.132. The minimum absolute atomic E-state index is 0.00869. The van der Waals surface area contributed by atoms with Crippen LogP contribution in [-0.4, -0.2) is 23.9 Å². The molecule has 32 heavy (non-hydrogen) atoms. The fourth-order valence-corrected chi connectivity index (χ4v) is 3.73. The smallest absolute Gasteiger partial charge is 0.300 e. The minimum Gasteiger partial charge on any atom is -0.507 e. The van der Waals surface area contributed by atoms with Crippen LogP contribution < -0.4 is 9.64 Å². The molecule has 0 aromatic heterocycles. The number of amides is 1. The first kappa shape index (κ1) is 21.2. The summed E-state index contributed by atoms with van der Waals surface area (Å²) < 4.78 is 47.8. The molecule has 1 aliphatic heterocycles. The molecule has 1 saturated heterocycles. The van der Waals surface area contributed by atoms with Gasteiger partial charge in [0.2, 0.25) is 0 Å². The second-order valence-corrected chi connectivity index (χ2v) is 7.02. The van der Waals surface area contributed by atoms with Crippen molar-refractivity contribution in [2.75, 3.05) is 12.0 Å². The molecule has 1 aliphatic rings. The van der Waals surface area contributed by atoms with Crippen molar-refractivity contribution in [1.82, 2.24) is 0 Å². The number of nitrogens with zero attached hydrogens (tertiary/aromatic N) is 1. The third kappa shape index (κ3) is 3.49.